The van der Waals surface area contributed by atoms with E-state index in [0.717, 1.165) is 5.69 Å². The molecule has 0 saturated carbocycles. The van der Waals surface area contributed by atoms with E-state index in [1.807, 2.05) is 30.5 Å². The van der Waals surface area contributed by atoms with Crippen molar-refractivity contribution in [1.29, 1.82) is 0 Å². The largest absolute Gasteiger partial charge is 0.345 e. The van der Waals surface area contributed by atoms with Gasteiger partial charge in [-0.2, -0.15) is 0 Å². The molecule has 6 heteroatoms. The van der Waals surface area contributed by atoms with Crippen LogP contribution in [0.25, 0.3) is 0 Å². The predicted octanol–water partition coefficient (Wildman–Crippen LogP) is 4.89. The monoisotopic (exact) mass is 403 g/mol. The highest BCUT2D eigenvalue weighted by Gasteiger charge is 2.20. The molecular formula is C24H25N3O3. The lowest BCUT2D eigenvalue weighted by Gasteiger charge is -2.22. The molecule has 1 aromatic heterocycles. The van der Waals surface area contributed by atoms with Crippen molar-refractivity contribution in [2.75, 3.05) is 6.54 Å². The molecule has 0 N–H and O–H groups in total. The minimum absolute atomic E-state index is 0.0534. The van der Waals surface area contributed by atoms with E-state index < -0.39 is 4.92 Å². The fourth-order valence-corrected chi connectivity index (χ4v) is 3.41. The maximum absolute atomic E-state index is 13.1. The third-order valence-corrected chi connectivity index (χ3v) is 5.17. The molecule has 0 fully saturated rings. The summed E-state index contributed by atoms with van der Waals surface area (Å²) in [5.41, 5.74) is 4.18. The number of benzene rings is 2. The standard InChI is InChI=1S/C24H25N3O3/c1-4-13-26(24(28)20-12-11-19(3)23(15-20)27(29)30)17-22-10-7-14-25(22)16-21-9-6-5-8-18(21)2/h4-12,14-15H,1,13,16-17H2,2-3H3. The van der Waals surface area contributed by atoms with Crippen molar-refractivity contribution in [1.82, 2.24) is 9.47 Å². The molecule has 0 radical (unpaired) electrons. The van der Waals surface area contributed by atoms with Crippen LogP contribution in [0.15, 0.2) is 73.4 Å². The van der Waals surface area contributed by atoms with Crippen molar-refractivity contribution in [3.05, 3.63) is 112 Å². The summed E-state index contributed by atoms with van der Waals surface area (Å²) < 4.78 is 2.11. The number of carbonyl (C=O) groups is 1. The zero-order valence-corrected chi connectivity index (χ0v) is 17.2. The van der Waals surface area contributed by atoms with E-state index in [2.05, 4.69) is 30.2 Å². The van der Waals surface area contributed by atoms with Gasteiger partial charge in [0.15, 0.2) is 0 Å². The molecule has 2 aromatic carbocycles. The van der Waals surface area contributed by atoms with Crippen LogP contribution in [-0.2, 0) is 13.1 Å². The quantitative estimate of drug-likeness (QED) is 0.305. The summed E-state index contributed by atoms with van der Waals surface area (Å²) in [6.45, 7) is 8.93. The zero-order valence-electron chi connectivity index (χ0n) is 17.2. The maximum Gasteiger partial charge on any atom is 0.273 e. The van der Waals surface area contributed by atoms with Crippen LogP contribution in [0.5, 0.6) is 0 Å². The van der Waals surface area contributed by atoms with E-state index in [4.69, 9.17) is 0 Å². The molecular weight excluding hydrogens is 378 g/mol. The predicted molar refractivity (Wildman–Crippen MR) is 117 cm³/mol. The van der Waals surface area contributed by atoms with Gasteiger partial charge in [0.2, 0.25) is 0 Å². The number of nitro benzene ring substituents is 1. The molecule has 154 valence electrons. The third-order valence-electron chi connectivity index (χ3n) is 5.17. The first kappa shape index (κ1) is 21.0. The first-order valence-corrected chi connectivity index (χ1v) is 9.74. The Morgan fingerprint density at radius 3 is 2.60 bits per heavy atom. The summed E-state index contributed by atoms with van der Waals surface area (Å²) >= 11 is 0. The van der Waals surface area contributed by atoms with Crippen molar-refractivity contribution in [2.24, 2.45) is 0 Å². The van der Waals surface area contributed by atoms with Gasteiger partial charge in [0, 0.05) is 42.2 Å². The number of nitrogens with zero attached hydrogens (tertiary/aromatic N) is 3. The Balaban J connectivity index is 1.85. The number of amides is 1. The van der Waals surface area contributed by atoms with Crippen LogP contribution in [0.4, 0.5) is 5.69 Å². The molecule has 0 bridgehead atoms. The molecule has 0 aliphatic heterocycles. The van der Waals surface area contributed by atoms with Crippen molar-refractivity contribution < 1.29 is 9.72 Å². The molecule has 1 heterocycles. The minimum Gasteiger partial charge on any atom is -0.345 e. The molecule has 3 rings (SSSR count). The summed E-state index contributed by atoms with van der Waals surface area (Å²) in [6.07, 6.45) is 3.66. The van der Waals surface area contributed by atoms with Crippen molar-refractivity contribution in [3.8, 4) is 0 Å². The van der Waals surface area contributed by atoms with E-state index >= 15 is 0 Å². The molecule has 0 unspecified atom stereocenters. The Morgan fingerprint density at radius 1 is 1.13 bits per heavy atom. The van der Waals surface area contributed by atoms with Crippen molar-refractivity contribution >= 4 is 11.6 Å². The second-order valence-corrected chi connectivity index (χ2v) is 7.29. The summed E-state index contributed by atoms with van der Waals surface area (Å²) in [7, 11) is 0. The van der Waals surface area contributed by atoms with E-state index in [0.29, 0.717) is 30.8 Å². The van der Waals surface area contributed by atoms with Gasteiger partial charge in [-0.3, -0.25) is 14.9 Å². The van der Waals surface area contributed by atoms with E-state index in [-0.39, 0.29) is 11.6 Å². The van der Waals surface area contributed by atoms with Gasteiger partial charge in [-0.25, -0.2) is 0 Å². The van der Waals surface area contributed by atoms with Crippen LogP contribution in [0.1, 0.15) is 32.7 Å². The van der Waals surface area contributed by atoms with Gasteiger partial charge < -0.3 is 9.47 Å². The summed E-state index contributed by atoms with van der Waals surface area (Å²) in [5.74, 6) is -0.262. The Kier molecular flexibility index (Phi) is 6.47. The van der Waals surface area contributed by atoms with Crippen LogP contribution >= 0.6 is 0 Å². The number of hydrogen-bond donors (Lipinski definition) is 0. The highest BCUT2D eigenvalue weighted by molar-refractivity contribution is 5.95. The minimum atomic E-state index is -0.461. The summed E-state index contributed by atoms with van der Waals surface area (Å²) in [6, 6.07) is 16.7. The molecule has 0 atom stereocenters. The lowest BCUT2D eigenvalue weighted by Crippen LogP contribution is -2.31. The molecule has 1 amide bonds. The second kappa shape index (κ2) is 9.22. The second-order valence-electron chi connectivity index (χ2n) is 7.29. The number of nitro groups is 1. The molecule has 0 saturated heterocycles. The van der Waals surface area contributed by atoms with Gasteiger partial charge in [-0.15, -0.1) is 6.58 Å². The molecule has 30 heavy (non-hydrogen) atoms. The number of aryl methyl sites for hydroxylation is 2. The number of rotatable bonds is 8. The van der Waals surface area contributed by atoms with Crippen LogP contribution in [0, 0.1) is 24.0 Å². The van der Waals surface area contributed by atoms with E-state index in [1.54, 1.807) is 30.0 Å². The smallest absolute Gasteiger partial charge is 0.273 e. The number of carbonyl (C=O) groups excluding carboxylic acids is 1. The lowest BCUT2D eigenvalue weighted by molar-refractivity contribution is -0.385. The Labute approximate surface area is 176 Å². The maximum atomic E-state index is 13.1. The van der Waals surface area contributed by atoms with Crippen LogP contribution < -0.4 is 0 Å². The fraction of sp³-hybridized carbons (Fsp3) is 0.208. The van der Waals surface area contributed by atoms with Crippen molar-refractivity contribution in [2.45, 2.75) is 26.9 Å². The molecule has 3 aromatic rings. The van der Waals surface area contributed by atoms with E-state index in [9.17, 15) is 14.9 Å². The number of aromatic nitrogens is 1. The highest BCUT2D eigenvalue weighted by atomic mass is 16.6. The third kappa shape index (κ3) is 4.66. The summed E-state index contributed by atoms with van der Waals surface area (Å²) in [5, 5.41) is 11.3. The summed E-state index contributed by atoms with van der Waals surface area (Å²) in [4.78, 5) is 25.6. The van der Waals surface area contributed by atoms with Gasteiger partial charge in [-0.1, -0.05) is 36.4 Å². The Bertz CT molecular complexity index is 1080. The van der Waals surface area contributed by atoms with Crippen LogP contribution in [-0.4, -0.2) is 26.8 Å². The van der Waals surface area contributed by atoms with Gasteiger partial charge >= 0.3 is 0 Å². The van der Waals surface area contributed by atoms with E-state index in [1.165, 1.54) is 17.2 Å². The Morgan fingerprint density at radius 2 is 1.90 bits per heavy atom. The fourth-order valence-electron chi connectivity index (χ4n) is 3.41. The van der Waals surface area contributed by atoms with Gasteiger partial charge in [0.1, 0.15) is 0 Å². The number of hydrogen-bond acceptors (Lipinski definition) is 3. The average molecular weight is 403 g/mol. The molecule has 0 spiro atoms. The van der Waals surface area contributed by atoms with Crippen molar-refractivity contribution in [3.63, 3.8) is 0 Å². The van der Waals surface area contributed by atoms with Crippen LogP contribution in [0.2, 0.25) is 0 Å². The van der Waals surface area contributed by atoms with Gasteiger partial charge in [0.05, 0.1) is 11.5 Å². The first-order valence-electron chi connectivity index (χ1n) is 9.74. The zero-order chi connectivity index (χ0) is 21.7. The topological polar surface area (TPSA) is 68.4 Å². The molecule has 6 nitrogen and oxygen atoms in total. The SMILES string of the molecule is C=CCN(Cc1cccn1Cc1ccccc1C)C(=O)c1ccc(C)c([N+](=O)[O-])c1. The Hall–Kier alpha value is -3.67. The normalized spacial score (nSPS) is 10.6. The molecule has 0 aliphatic rings. The van der Waals surface area contributed by atoms with Gasteiger partial charge in [-0.05, 0) is 43.2 Å². The first-order chi connectivity index (χ1) is 14.4. The van der Waals surface area contributed by atoms with Gasteiger partial charge in [0.25, 0.3) is 11.6 Å². The average Bonchev–Trinajstić information content (AvgIpc) is 3.15. The lowest BCUT2D eigenvalue weighted by atomic mass is 10.1. The van der Waals surface area contributed by atoms with Crippen LogP contribution in [0.3, 0.4) is 0 Å². The highest BCUT2D eigenvalue weighted by Crippen LogP contribution is 2.21. The molecule has 0 aliphatic carbocycles.